The van der Waals surface area contributed by atoms with Gasteiger partial charge in [-0.1, -0.05) is 30.7 Å². The lowest BCUT2D eigenvalue weighted by Gasteiger charge is -2.10. The molecule has 14 heavy (non-hydrogen) atoms. The third kappa shape index (κ3) is 3.34. The van der Waals surface area contributed by atoms with Crippen molar-refractivity contribution in [2.24, 2.45) is 5.92 Å². The van der Waals surface area contributed by atoms with Crippen LogP contribution < -0.4 is 0 Å². The van der Waals surface area contributed by atoms with E-state index in [1.807, 2.05) is 0 Å². The molecule has 0 aliphatic carbocycles. The van der Waals surface area contributed by atoms with Gasteiger partial charge in [-0.05, 0) is 43.7 Å². The van der Waals surface area contributed by atoms with Gasteiger partial charge in [-0.2, -0.15) is 0 Å². The van der Waals surface area contributed by atoms with Crippen molar-refractivity contribution in [3.8, 4) is 0 Å². The number of aryl methyl sites for hydroxylation is 3. The highest BCUT2D eigenvalue weighted by Gasteiger charge is 2.03. The van der Waals surface area contributed by atoms with E-state index in [-0.39, 0.29) is 0 Å². The van der Waals surface area contributed by atoms with Gasteiger partial charge >= 0.3 is 0 Å². The molecule has 0 radical (unpaired) electrons. The third-order valence-electron chi connectivity index (χ3n) is 2.67. The van der Waals surface area contributed by atoms with Crippen molar-refractivity contribution in [1.29, 1.82) is 0 Å². The van der Waals surface area contributed by atoms with Crippen LogP contribution >= 0.6 is 11.6 Å². The summed E-state index contributed by atoms with van der Waals surface area (Å²) in [4.78, 5) is 0. The molecule has 0 bridgehead atoms. The van der Waals surface area contributed by atoms with Crippen LogP contribution in [0.1, 0.15) is 30.0 Å². The molecule has 1 aromatic carbocycles. The monoisotopic (exact) mass is 210 g/mol. The van der Waals surface area contributed by atoms with Crippen molar-refractivity contribution in [2.45, 2.75) is 33.6 Å². The van der Waals surface area contributed by atoms with E-state index in [9.17, 15) is 0 Å². The molecule has 0 nitrogen and oxygen atoms in total. The van der Waals surface area contributed by atoms with Crippen LogP contribution in [-0.4, -0.2) is 5.88 Å². The Labute approximate surface area is 92.3 Å². The lowest BCUT2D eigenvalue weighted by atomic mass is 9.97. The van der Waals surface area contributed by atoms with Gasteiger partial charge in [0, 0.05) is 5.88 Å². The summed E-state index contributed by atoms with van der Waals surface area (Å²) in [6, 6.07) is 6.66. The molecule has 0 N–H and O–H groups in total. The van der Waals surface area contributed by atoms with Crippen molar-refractivity contribution in [3.05, 3.63) is 34.9 Å². The van der Waals surface area contributed by atoms with Gasteiger partial charge in [0.25, 0.3) is 0 Å². The second-order valence-electron chi connectivity index (χ2n) is 4.23. The van der Waals surface area contributed by atoms with Gasteiger partial charge in [-0.3, -0.25) is 0 Å². The highest BCUT2D eigenvalue weighted by atomic mass is 35.5. The summed E-state index contributed by atoms with van der Waals surface area (Å²) in [6.07, 6.45) is 2.34. The van der Waals surface area contributed by atoms with Crippen LogP contribution in [0.25, 0.3) is 0 Å². The standard InChI is InChI=1S/C13H19Cl/c1-10-4-6-12(3)13(8-10)7-5-11(2)9-14/h4,6,8,11H,5,7,9H2,1-3H3. The van der Waals surface area contributed by atoms with Crippen molar-refractivity contribution >= 4 is 11.6 Å². The van der Waals surface area contributed by atoms with Crippen LogP contribution in [0.3, 0.4) is 0 Å². The Balaban J connectivity index is 2.62. The van der Waals surface area contributed by atoms with Crippen molar-refractivity contribution in [2.75, 3.05) is 5.88 Å². The quantitative estimate of drug-likeness (QED) is 0.657. The normalized spacial score (nSPS) is 12.9. The summed E-state index contributed by atoms with van der Waals surface area (Å²) >= 11 is 5.79. The first-order chi connectivity index (χ1) is 6.63. The first-order valence-electron chi connectivity index (χ1n) is 5.25. The Kier molecular flexibility index (Phi) is 4.47. The third-order valence-corrected chi connectivity index (χ3v) is 3.20. The molecular weight excluding hydrogens is 192 g/mol. The minimum absolute atomic E-state index is 0.622. The number of halogens is 1. The molecule has 1 aromatic rings. The summed E-state index contributed by atoms with van der Waals surface area (Å²) in [5.74, 6) is 1.39. The molecule has 0 fully saturated rings. The number of rotatable bonds is 4. The van der Waals surface area contributed by atoms with Crippen LogP contribution in [0.5, 0.6) is 0 Å². The number of hydrogen-bond donors (Lipinski definition) is 0. The van der Waals surface area contributed by atoms with E-state index >= 15 is 0 Å². The molecule has 1 unspecified atom stereocenters. The largest absolute Gasteiger partial charge is 0.126 e. The second-order valence-corrected chi connectivity index (χ2v) is 4.54. The van der Waals surface area contributed by atoms with Crippen LogP contribution in [0.2, 0.25) is 0 Å². The van der Waals surface area contributed by atoms with Gasteiger partial charge in [0.2, 0.25) is 0 Å². The zero-order chi connectivity index (χ0) is 10.6. The van der Waals surface area contributed by atoms with Gasteiger partial charge < -0.3 is 0 Å². The summed E-state index contributed by atoms with van der Waals surface area (Å²) in [7, 11) is 0. The molecular formula is C13H19Cl. The van der Waals surface area contributed by atoms with E-state index in [1.165, 1.54) is 23.1 Å². The first-order valence-corrected chi connectivity index (χ1v) is 5.79. The Bertz CT molecular complexity index is 291. The molecule has 0 saturated carbocycles. The highest BCUT2D eigenvalue weighted by molar-refractivity contribution is 6.18. The molecule has 1 atom stereocenters. The average Bonchev–Trinajstić information content (AvgIpc) is 2.19. The van der Waals surface area contributed by atoms with Gasteiger partial charge in [-0.25, -0.2) is 0 Å². The van der Waals surface area contributed by atoms with Crippen molar-refractivity contribution in [3.63, 3.8) is 0 Å². The molecule has 78 valence electrons. The number of hydrogen-bond acceptors (Lipinski definition) is 0. The maximum absolute atomic E-state index is 5.79. The molecule has 0 spiro atoms. The van der Waals surface area contributed by atoms with E-state index in [2.05, 4.69) is 39.0 Å². The smallest absolute Gasteiger partial charge is 0.0249 e. The Hall–Kier alpha value is -0.490. The van der Waals surface area contributed by atoms with E-state index in [0.717, 1.165) is 12.3 Å². The fourth-order valence-electron chi connectivity index (χ4n) is 1.55. The maximum Gasteiger partial charge on any atom is 0.0249 e. The predicted molar refractivity (Wildman–Crippen MR) is 64.1 cm³/mol. The molecule has 0 saturated heterocycles. The zero-order valence-corrected chi connectivity index (χ0v) is 10.1. The molecule has 0 amide bonds. The SMILES string of the molecule is Cc1ccc(C)c(CCC(C)CCl)c1. The number of benzene rings is 1. The van der Waals surface area contributed by atoms with Crippen LogP contribution in [0.4, 0.5) is 0 Å². The lowest BCUT2D eigenvalue weighted by Crippen LogP contribution is -2.00. The molecule has 1 heteroatoms. The van der Waals surface area contributed by atoms with E-state index < -0.39 is 0 Å². The van der Waals surface area contributed by atoms with Gasteiger partial charge in [0.15, 0.2) is 0 Å². The average molecular weight is 211 g/mol. The van der Waals surface area contributed by atoms with Crippen LogP contribution in [-0.2, 0) is 6.42 Å². The predicted octanol–water partition coefficient (Wildman–Crippen LogP) is 4.11. The molecule has 0 heterocycles. The van der Waals surface area contributed by atoms with Crippen LogP contribution in [0, 0.1) is 19.8 Å². The maximum atomic E-state index is 5.79. The first kappa shape index (κ1) is 11.6. The summed E-state index contributed by atoms with van der Waals surface area (Å²) in [5.41, 5.74) is 4.23. The topological polar surface area (TPSA) is 0 Å². The molecule has 0 aliphatic rings. The zero-order valence-electron chi connectivity index (χ0n) is 9.31. The Morgan fingerprint density at radius 2 is 2.00 bits per heavy atom. The Morgan fingerprint density at radius 1 is 1.29 bits per heavy atom. The van der Waals surface area contributed by atoms with Crippen molar-refractivity contribution in [1.82, 2.24) is 0 Å². The van der Waals surface area contributed by atoms with E-state index in [4.69, 9.17) is 11.6 Å². The minimum atomic E-state index is 0.622. The molecule has 0 aromatic heterocycles. The number of alkyl halides is 1. The minimum Gasteiger partial charge on any atom is -0.126 e. The lowest BCUT2D eigenvalue weighted by molar-refractivity contribution is 0.592. The summed E-state index contributed by atoms with van der Waals surface area (Å²) < 4.78 is 0. The van der Waals surface area contributed by atoms with Crippen LogP contribution in [0.15, 0.2) is 18.2 Å². The molecule has 1 rings (SSSR count). The fourth-order valence-corrected chi connectivity index (χ4v) is 1.70. The van der Waals surface area contributed by atoms with Gasteiger partial charge in [0.05, 0.1) is 0 Å². The highest BCUT2D eigenvalue weighted by Crippen LogP contribution is 2.15. The van der Waals surface area contributed by atoms with E-state index in [1.54, 1.807) is 0 Å². The summed E-state index contributed by atoms with van der Waals surface area (Å²) in [6.45, 7) is 6.53. The fraction of sp³-hybridized carbons (Fsp3) is 0.538. The van der Waals surface area contributed by atoms with Gasteiger partial charge in [0.1, 0.15) is 0 Å². The van der Waals surface area contributed by atoms with Crippen molar-refractivity contribution < 1.29 is 0 Å². The Morgan fingerprint density at radius 3 is 2.64 bits per heavy atom. The summed E-state index contributed by atoms with van der Waals surface area (Å²) in [5, 5.41) is 0. The van der Waals surface area contributed by atoms with Gasteiger partial charge in [-0.15, -0.1) is 11.6 Å². The van der Waals surface area contributed by atoms with E-state index in [0.29, 0.717) is 5.92 Å². The molecule has 0 aliphatic heterocycles. The second kappa shape index (κ2) is 5.41.